The van der Waals surface area contributed by atoms with E-state index >= 15 is 0 Å². The van der Waals surface area contributed by atoms with Crippen LogP contribution in [0.1, 0.15) is 55.7 Å². The van der Waals surface area contributed by atoms with E-state index in [0.29, 0.717) is 42.7 Å². The minimum absolute atomic E-state index is 0.0923. The van der Waals surface area contributed by atoms with Crippen LogP contribution in [0.3, 0.4) is 0 Å². The van der Waals surface area contributed by atoms with Gasteiger partial charge in [0.25, 0.3) is 0 Å². The number of methoxy groups -OCH3 is 2. The lowest BCUT2D eigenvalue weighted by Crippen LogP contribution is -2.42. The number of rotatable bonds is 6. The highest BCUT2D eigenvalue weighted by Gasteiger charge is 2.42. The molecule has 0 spiro atoms. The summed E-state index contributed by atoms with van der Waals surface area (Å²) in [6.45, 7) is 0.556. The number of aliphatic carboxylic acids is 1. The number of carbonyl (C=O) groups is 2. The molecule has 2 saturated carbocycles. The van der Waals surface area contributed by atoms with E-state index in [-0.39, 0.29) is 12.3 Å². The Morgan fingerprint density at radius 3 is 2.46 bits per heavy atom. The quantitative estimate of drug-likeness (QED) is 0.809. The van der Waals surface area contributed by atoms with Crippen LogP contribution in [0.2, 0.25) is 0 Å². The summed E-state index contributed by atoms with van der Waals surface area (Å²) < 4.78 is 10.8. The van der Waals surface area contributed by atoms with Gasteiger partial charge >= 0.3 is 5.97 Å². The molecule has 1 aromatic rings. The molecule has 1 aromatic carbocycles. The number of carboxylic acid groups (broad SMARTS) is 1. The highest BCUT2D eigenvalue weighted by atomic mass is 16.5. The van der Waals surface area contributed by atoms with Crippen LogP contribution in [0.4, 0.5) is 0 Å². The maximum atomic E-state index is 13.2. The summed E-state index contributed by atoms with van der Waals surface area (Å²) in [4.78, 5) is 26.6. The number of hydrogen-bond acceptors (Lipinski definition) is 4. The highest BCUT2D eigenvalue weighted by molar-refractivity contribution is 5.79. The van der Waals surface area contributed by atoms with Crippen molar-refractivity contribution >= 4 is 11.9 Å². The second-order valence-electron chi connectivity index (χ2n) is 8.50. The van der Waals surface area contributed by atoms with Crippen LogP contribution in [-0.4, -0.2) is 42.6 Å². The zero-order valence-corrected chi connectivity index (χ0v) is 16.6. The Morgan fingerprint density at radius 2 is 1.86 bits per heavy atom. The van der Waals surface area contributed by atoms with E-state index in [4.69, 9.17) is 9.47 Å². The zero-order chi connectivity index (χ0) is 19.8. The summed E-state index contributed by atoms with van der Waals surface area (Å²) in [6.07, 6.45) is 6.17. The molecule has 4 rings (SSSR count). The molecule has 6 nitrogen and oxygen atoms in total. The molecule has 0 radical (unpaired) electrons. The molecule has 1 aliphatic heterocycles. The van der Waals surface area contributed by atoms with Crippen LogP contribution < -0.4 is 9.47 Å². The van der Waals surface area contributed by atoms with E-state index in [1.807, 2.05) is 12.1 Å². The van der Waals surface area contributed by atoms with E-state index < -0.39 is 12.0 Å². The fourth-order valence-electron chi connectivity index (χ4n) is 5.68. The number of hydrogen-bond donors (Lipinski definition) is 1. The number of benzene rings is 1. The molecule has 0 saturated heterocycles. The monoisotopic (exact) mass is 387 g/mol. The topological polar surface area (TPSA) is 76.1 Å². The van der Waals surface area contributed by atoms with Crippen LogP contribution in [0.5, 0.6) is 11.5 Å². The molecule has 2 bridgehead atoms. The molecule has 0 aromatic heterocycles. The lowest BCUT2D eigenvalue weighted by molar-refractivity contribution is -0.142. The van der Waals surface area contributed by atoms with Gasteiger partial charge in [0.1, 0.15) is 0 Å². The summed E-state index contributed by atoms with van der Waals surface area (Å²) in [7, 11) is 3.16. The van der Waals surface area contributed by atoms with Crippen molar-refractivity contribution < 1.29 is 24.2 Å². The number of fused-ring (bicyclic) bond motifs is 3. The van der Waals surface area contributed by atoms with Gasteiger partial charge in [-0.15, -0.1) is 0 Å². The van der Waals surface area contributed by atoms with Crippen molar-refractivity contribution in [2.45, 2.75) is 51.0 Å². The molecule has 3 aliphatic rings. The van der Waals surface area contributed by atoms with Crippen LogP contribution in [0.25, 0.3) is 0 Å². The predicted molar refractivity (Wildman–Crippen MR) is 104 cm³/mol. The first kappa shape index (κ1) is 19.1. The molecule has 1 heterocycles. The summed E-state index contributed by atoms with van der Waals surface area (Å²) >= 11 is 0. The molecular formula is C22H29NO5. The Labute approximate surface area is 165 Å². The third kappa shape index (κ3) is 3.45. The average Bonchev–Trinajstić information content (AvgIpc) is 3.29. The van der Waals surface area contributed by atoms with Gasteiger partial charge in [-0.1, -0.05) is 6.42 Å². The Bertz CT molecular complexity index is 776. The zero-order valence-electron chi connectivity index (χ0n) is 16.6. The lowest BCUT2D eigenvalue weighted by atomic mass is 9.85. The SMILES string of the molecule is COc1cc2c(cc1OC)C(CC(=O)O)N(C(=O)CC1CC3CCC1C3)CC2. The van der Waals surface area contributed by atoms with Crippen molar-refractivity contribution in [3.8, 4) is 11.5 Å². The van der Waals surface area contributed by atoms with Gasteiger partial charge in [0.15, 0.2) is 11.5 Å². The Morgan fingerprint density at radius 1 is 1.11 bits per heavy atom. The largest absolute Gasteiger partial charge is 0.493 e. The van der Waals surface area contributed by atoms with Crippen molar-refractivity contribution in [2.75, 3.05) is 20.8 Å². The van der Waals surface area contributed by atoms with Gasteiger partial charge in [0.05, 0.1) is 26.7 Å². The fraction of sp³-hybridized carbons (Fsp3) is 0.636. The van der Waals surface area contributed by atoms with Crippen molar-refractivity contribution in [2.24, 2.45) is 17.8 Å². The third-order valence-corrected chi connectivity index (χ3v) is 7.01. The minimum atomic E-state index is -0.898. The molecule has 1 N–H and O–H groups in total. The normalized spacial score (nSPS) is 28.1. The van der Waals surface area contributed by atoms with E-state index in [1.165, 1.54) is 19.3 Å². The fourth-order valence-corrected chi connectivity index (χ4v) is 5.68. The van der Waals surface area contributed by atoms with Gasteiger partial charge in [0.2, 0.25) is 5.91 Å². The molecule has 28 heavy (non-hydrogen) atoms. The average molecular weight is 387 g/mol. The Balaban J connectivity index is 1.59. The van der Waals surface area contributed by atoms with Crippen LogP contribution >= 0.6 is 0 Å². The Hall–Kier alpha value is -2.24. The lowest BCUT2D eigenvalue weighted by Gasteiger charge is -2.38. The predicted octanol–water partition coefficient (Wildman–Crippen LogP) is 3.43. The van der Waals surface area contributed by atoms with Crippen molar-refractivity contribution in [3.05, 3.63) is 23.3 Å². The van der Waals surface area contributed by atoms with E-state index in [2.05, 4.69) is 0 Å². The van der Waals surface area contributed by atoms with Crippen molar-refractivity contribution in [1.82, 2.24) is 4.90 Å². The summed E-state index contributed by atoms with van der Waals surface area (Å²) in [5.74, 6) is 2.37. The first-order valence-electron chi connectivity index (χ1n) is 10.3. The first-order chi connectivity index (χ1) is 13.5. The second kappa shape index (κ2) is 7.64. The summed E-state index contributed by atoms with van der Waals surface area (Å²) in [6, 6.07) is 3.31. The highest BCUT2D eigenvalue weighted by Crippen LogP contribution is 2.50. The number of ether oxygens (including phenoxy) is 2. The summed E-state index contributed by atoms with van der Waals surface area (Å²) in [5, 5.41) is 9.49. The van der Waals surface area contributed by atoms with Gasteiger partial charge in [-0.2, -0.15) is 0 Å². The van der Waals surface area contributed by atoms with Crippen molar-refractivity contribution in [3.63, 3.8) is 0 Å². The van der Waals surface area contributed by atoms with Crippen LogP contribution in [-0.2, 0) is 16.0 Å². The van der Waals surface area contributed by atoms with E-state index in [9.17, 15) is 14.7 Å². The van der Waals surface area contributed by atoms with Crippen LogP contribution in [0.15, 0.2) is 12.1 Å². The molecule has 2 aliphatic carbocycles. The number of amides is 1. The molecule has 1 amide bonds. The minimum Gasteiger partial charge on any atom is -0.493 e. The molecule has 4 atom stereocenters. The number of nitrogens with zero attached hydrogens (tertiary/aromatic N) is 1. The van der Waals surface area contributed by atoms with Crippen LogP contribution in [0, 0.1) is 17.8 Å². The molecule has 6 heteroatoms. The van der Waals surface area contributed by atoms with Gasteiger partial charge < -0.3 is 19.5 Å². The molecule has 152 valence electrons. The smallest absolute Gasteiger partial charge is 0.305 e. The number of carboxylic acids is 1. The van der Waals surface area contributed by atoms with Gasteiger partial charge in [-0.05, 0) is 66.7 Å². The molecule has 4 unspecified atom stereocenters. The van der Waals surface area contributed by atoms with E-state index in [0.717, 1.165) is 23.5 Å². The standard InChI is InChI=1S/C22H29NO5/c1-27-19-9-15-5-6-23(18(12-22(25)26)17(15)11-20(19)28-2)21(24)10-16-8-13-3-4-14(16)7-13/h9,11,13-14,16,18H,3-8,10,12H2,1-2H3,(H,25,26). The van der Waals surface area contributed by atoms with Gasteiger partial charge in [-0.25, -0.2) is 0 Å². The third-order valence-electron chi connectivity index (χ3n) is 7.01. The second-order valence-corrected chi connectivity index (χ2v) is 8.50. The van der Waals surface area contributed by atoms with E-state index in [1.54, 1.807) is 19.1 Å². The Kier molecular flexibility index (Phi) is 5.21. The number of carbonyl (C=O) groups excluding carboxylic acids is 1. The maximum Gasteiger partial charge on any atom is 0.305 e. The molecule has 2 fully saturated rings. The van der Waals surface area contributed by atoms with Gasteiger partial charge in [0, 0.05) is 13.0 Å². The van der Waals surface area contributed by atoms with Crippen molar-refractivity contribution in [1.29, 1.82) is 0 Å². The van der Waals surface area contributed by atoms with Gasteiger partial charge in [-0.3, -0.25) is 9.59 Å². The summed E-state index contributed by atoms with van der Waals surface area (Å²) in [5.41, 5.74) is 1.90. The molecular weight excluding hydrogens is 358 g/mol. The maximum absolute atomic E-state index is 13.2. The first-order valence-corrected chi connectivity index (χ1v) is 10.3.